The Morgan fingerprint density at radius 3 is 2.32 bits per heavy atom. The molecule has 2 heterocycles. The predicted molar refractivity (Wildman–Crippen MR) is 145 cm³/mol. The summed E-state index contributed by atoms with van der Waals surface area (Å²) in [6.45, 7) is 5.52. The van der Waals surface area contributed by atoms with Gasteiger partial charge in [-0.1, -0.05) is 48.5 Å². The number of piperazine rings is 1. The maximum Gasteiger partial charge on any atom is 0.335 e. The van der Waals surface area contributed by atoms with Crippen molar-refractivity contribution in [3.63, 3.8) is 0 Å². The molecule has 1 unspecified atom stereocenters. The Bertz CT molecular complexity index is 1160. The van der Waals surface area contributed by atoms with Crippen molar-refractivity contribution in [2.24, 2.45) is 0 Å². The van der Waals surface area contributed by atoms with Gasteiger partial charge in [-0.15, -0.1) is 0 Å². The molecule has 1 atom stereocenters. The third-order valence-corrected chi connectivity index (χ3v) is 6.67. The highest BCUT2D eigenvalue weighted by Crippen LogP contribution is 2.30. The third kappa shape index (κ3) is 7.84. The largest absolute Gasteiger partial charge is 0.478 e. The van der Waals surface area contributed by atoms with Gasteiger partial charge in [0, 0.05) is 51.2 Å². The van der Waals surface area contributed by atoms with Gasteiger partial charge < -0.3 is 15.3 Å². The van der Waals surface area contributed by atoms with Gasteiger partial charge in [0.05, 0.1) is 11.6 Å². The quantitative estimate of drug-likeness (QED) is 0.306. The molecular formula is C30H34N4O3. The number of carbonyl (C=O) groups excluding carboxylic acids is 1. The van der Waals surface area contributed by atoms with E-state index in [1.165, 1.54) is 5.56 Å². The first-order valence-electron chi connectivity index (χ1n) is 12.8. The molecule has 1 fully saturated rings. The van der Waals surface area contributed by atoms with E-state index in [4.69, 9.17) is 0 Å². The lowest BCUT2D eigenvalue weighted by Crippen LogP contribution is -2.48. The summed E-state index contributed by atoms with van der Waals surface area (Å²) >= 11 is 0. The van der Waals surface area contributed by atoms with E-state index in [1.807, 2.05) is 30.3 Å². The Balaban J connectivity index is 1.22. The number of nitrogens with zero attached hydrogens (tertiary/aromatic N) is 3. The SMILES string of the molecule is O=C(/C=C\c1cccnc1)NCCCCN1CCN(C(c2ccccc2)c2ccc(C(=O)O)cc2)CC1. The molecule has 1 aliphatic rings. The van der Waals surface area contributed by atoms with Gasteiger partial charge in [-0.05, 0) is 60.4 Å². The van der Waals surface area contributed by atoms with Crippen molar-refractivity contribution in [3.8, 4) is 0 Å². The molecule has 1 aromatic heterocycles. The minimum Gasteiger partial charge on any atom is -0.478 e. The molecule has 37 heavy (non-hydrogen) atoms. The number of benzene rings is 2. The molecule has 0 radical (unpaired) electrons. The molecule has 192 valence electrons. The van der Waals surface area contributed by atoms with Gasteiger partial charge >= 0.3 is 5.97 Å². The maximum atomic E-state index is 12.0. The lowest BCUT2D eigenvalue weighted by molar-refractivity contribution is -0.116. The molecule has 0 saturated carbocycles. The number of aromatic carboxylic acids is 1. The Kier molecular flexibility index (Phi) is 9.57. The highest BCUT2D eigenvalue weighted by molar-refractivity contribution is 5.91. The number of carboxylic acids is 1. The highest BCUT2D eigenvalue weighted by atomic mass is 16.4. The van der Waals surface area contributed by atoms with Crippen LogP contribution in [0.1, 0.15) is 45.9 Å². The summed E-state index contributed by atoms with van der Waals surface area (Å²) in [7, 11) is 0. The van der Waals surface area contributed by atoms with Gasteiger partial charge in [-0.25, -0.2) is 4.79 Å². The number of carboxylic acid groups (broad SMARTS) is 1. The molecule has 3 aromatic rings. The van der Waals surface area contributed by atoms with Crippen LogP contribution in [0.2, 0.25) is 0 Å². The molecule has 7 nitrogen and oxygen atoms in total. The van der Waals surface area contributed by atoms with Crippen molar-refractivity contribution in [2.45, 2.75) is 18.9 Å². The Morgan fingerprint density at radius 2 is 1.65 bits per heavy atom. The molecule has 0 spiro atoms. The van der Waals surface area contributed by atoms with E-state index in [0.29, 0.717) is 12.1 Å². The third-order valence-electron chi connectivity index (χ3n) is 6.67. The van der Waals surface area contributed by atoms with Gasteiger partial charge in [-0.3, -0.25) is 14.7 Å². The summed E-state index contributed by atoms with van der Waals surface area (Å²) < 4.78 is 0. The molecule has 0 aliphatic carbocycles. The Labute approximate surface area is 218 Å². The van der Waals surface area contributed by atoms with E-state index in [0.717, 1.165) is 56.7 Å². The van der Waals surface area contributed by atoms with Crippen LogP contribution in [-0.4, -0.2) is 71.0 Å². The number of hydrogen-bond donors (Lipinski definition) is 2. The molecule has 0 bridgehead atoms. The average Bonchev–Trinajstić information content (AvgIpc) is 2.94. The molecule has 1 amide bonds. The minimum absolute atomic E-state index is 0.0826. The fourth-order valence-corrected chi connectivity index (χ4v) is 4.68. The second-order valence-corrected chi connectivity index (χ2v) is 9.24. The fourth-order valence-electron chi connectivity index (χ4n) is 4.68. The molecule has 1 saturated heterocycles. The molecular weight excluding hydrogens is 464 g/mol. The second kappa shape index (κ2) is 13.5. The number of aromatic nitrogens is 1. The van der Waals surface area contributed by atoms with Crippen molar-refractivity contribution in [3.05, 3.63) is 107 Å². The lowest BCUT2D eigenvalue weighted by Gasteiger charge is -2.40. The van der Waals surface area contributed by atoms with Gasteiger partial charge in [-0.2, -0.15) is 0 Å². The summed E-state index contributed by atoms with van der Waals surface area (Å²) in [5, 5.41) is 12.2. The van der Waals surface area contributed by atoms with Crippen LogP contribution < -0.4 is 5.32 Å². The van der Waals surface area contributed by atoms with E-state index < -0.39 is 5.97 Å². The fraction of sp³-hybridized carbons (Fsp3) is 0.300. The molecule has 2 aromatic carbocycles. The Hall–Kier alpha value is -3.81. The van der Waals surface area contributed by atoms with Crippen LogP contribution >= 0.6 is 0 Å². The first-order valence-corrected chi connectivity index (χ1v) is 12.8. The summed E-state index contributed by atoms with van der Waals surface area (Å²) in [4.78, 5) is 32.3. The van der Waals surface area contributed by atoms with Crippen LogP contribution in [-0.2, 0) is 4.79 Å². The van der Waals surface area contributed by atoms with Crippen LogP contribution in [0.15, 0.2) is 85.2 Å². The lowest BCUT2D eigenvalue weighted by atomic mass is 9.95. The van der Waals surface area contributed by atoms with Crippen molar-refractivity contribution in [1.29, 1.82) is 0 Å². The van der Waals surface area contributed by atoms with E-state index in [1.54, 1.807) is 36.7 Å². The van der Waals surface area contributed by atoms with Crippen LogP contribution in [0.25, 0.3) is 6.08 Å². The summed E-state index contributed by atoms with van der Waals surface area (Å²) in [6, 6.07) is 21.5. The van der Waals surface area contributed by atoms with Crippen LogP contribution in [0, 0.1) is 0 Å². The normalized spacial score (nSPS) is 15.5. The summed E-state index contributed by atoms with van der Waals surface area (Å²) in [6.07, 6.45) is 8.72. The molecule has 7 heteroatoms. The number of nitrogens with one attached hydrogen (secondary N) is 1. The van der Waals surface area contributed by atoms with Gasteiger partial charge in [0.15, 0.2) is 0 Å². The number of carbonyl (C=O) groups is 2. The van der Waals surface area contributed by atoms with Gasteiger partial charge in [0.2, 0.25) is 5.91 Å². The summed E-state index contributed by atoms with van der Waals surface area (Å²) in [5.74, 6) is -0.988. The van der Waals surface area contributed by atoms with Crippen molar-refractivity contribution < 1.29 is 14.7 Å². The zero-order valence-corrected chi connectivity index (χ0v) is 21.0. The van der Waals surface area contributed by atoms with E-state index in [-0.39, 0.29) is 11.9 Å². The van der Waals surface area contributed by atoms with Gasteiger partial charge in [0.1, 0.15) is 0 Å². The summed E-state index contributed by atoms with van der Waals surface area (Å²) in [5.41, 5.74) is 3.54. The van der Waals surface area contributed by atoms with E-state index in [9.17, 15) is 14.7 Å². The second-order valence-electron chi connectivity index (χ2n) is 9.24. The smallest absolute Gasteiger partial charge is 0.335 e. The number of rotatable bonds is 11. The number of unbranched alkanes of at least 4 members (excludes halogenated alkanes) is 1. The van der Waals surface area contributed by atoms with Crippen molar-refractivity contribution in [1.82, 2.24) is 20.1 Å². The molecule has 4 rings (SSSR count). The van der Waals surface area contributed by atoms with Gasteiger partial charge in [0.25, 0.3) is 0 Å². The number of hydrogen-bond acceptors (Lipinski definition) is 5. The number of pyridine rings is 1. The molecule has 2 N–H and O–H groups in total. The van der Waals surface area contributed by atoms with Crippen molar-refractivity contribution in [2.75, 3.05) is 39.3 Å². The topological polar surface area (TPSA) is 85.8 Å². The highest BCUT2D eigenvalue weighted by Gasteiger charge is 2.26. The maximum absolute atomic E-state index is 12.0. The van der Waals surface area contributed by atoms with Crippen LogP contribution in [0.5, 0.6) is 0 Å². The zero-order valence-electron chi connectivity index (χ0n) is 21.0. The van der Waals surface area contributed by atoms with Crippen molar-refractivity contribution >= 4 is 18.0 Å². The standard InChI is InChI=1S/C30H34N4O3/c35-28(15-10-24-7-6-16-31-23-24)32-17-4-5-18-33-19-21-34(22-20-33)29(25-8-2-1-3-9-25)26-11-13-27(14-12-26)30(36)37/h1-3,6-16,23,29H,4-5,17-22H2,(H,32,35)(H,36,37)/b15-10-. The van der Waals surface area contributed by atoms with Crippen LogP contribution in [0.3, 0.4) is 0 Å². The van der Waals surface area contributed by atoms with E-state index >= 15 is 0 Å². The first-order chi connectivity index (χ1) is 18.1. The number of amides is 1. The molecule has 1 aliphatic heterocycles. The monoisotopic (exact) mass is 498 g/mol. The first kappa shape index (κ1) is 26.3. The predicted octanol–water partition coefficient (Wildman–Crippen LogP) is 4.10. The van der Waals surface area contributed by atoms with E-state index in [2.05, 4.69) is 44.4 Å². The minimum atomic E-state index is -0.905. The average molecular weight is 499 g/mol. The Morgan fingerprint density at radius 1 is 0.919 bits per heavy atom. The van der Waals surface area contributed by atoms with Crippen LogP contribution in [0.4, 0.5) is 0 Å². The zero-order chi connectivity index (χ0) is 25.9.